The molecule has 0 radical (unpaired) electrons. The molecule has 11 heteroatoms. The van der Waals surface area contributed by atoms with Crippen molar-refractivity contribution in [1.29, 1.82) is 0 Å². The van der Waals surface area contributed by atoms with E-state index in [1.807, 2.05) is 6.92 Å². The highest BCUT2D eigenvalue weighted by Gasteiger charge is 2.42. The van der Waals surface area contributed by atoms with Crippen LogP contribution in [0.15, 0.2) is 12.2 Å². The predicted octanol–water partition coefficient (Wildman–Crippen LogP) is 1.71. The summed E-state index contributed by atoms with van der Waals surface area (Å²) in [6, 6.07) is 0. The molecule has 1 aliphatic carbocycles. The van der Waals surface area contributed by atoms with Gasteiger partial charge in [-0.3, -0.25) is 24.0 Å². The van der Waals surface area contributed by atoms with Gasteiger partial charge in [0, 0.05) is 25.7 Å². The third-order valence-electron chi connectivity index (χ3n) is 5.71. The number of carbonyl (C=O) groups is 6. The molecule has 0 N–H and O–H groups in total. The number of hydrogen-bond donors (Lipinski definition) is 0. The van der Waals surface area contributed by atoms with Gasteiger partial charge in [0.25, 0.3) is 23.6 Å². The highest BCUT2D eigenvalue weighted by molar-refractivity contribution is 6.02. The first-order valence-corrected chi connectivity index (χ1v) is 10.2. The summed E-state index contributed by atoms with van der Waals surface area (Å²) in [6.45, 7) is 1.82. The van der Waals surface area contributed by atoms with Crippen LogP contribution < -0.4 is 0 Å². The molecule has 2 unspecified atom stereocenters. The minimum absolute atomic E-state index is 0.0146. The van der Waals surface area contributed by atoms with E-state index in [0.29, 0.717) is 35.8 Å². The lowest BCUT2D eigenvalue weighted by molar-refractivity contribution is -0.206. The quantitative estimate of drug-likeness (QED) is 0.358. The molecule has 0 spiro atoms. The van der Waals surface area contributed by atoms with E-state index < -0.39 is 47.3 Å². The average molecular weight is 436 g/mol. The van der Waals surface area contributed by atoms with Crippen molar-refractivity contribution in [3.8, 4) is 0 Å². The van der Waals surface area contributed by atoms with E-state index in [1.165, 1.54) is 0 Å². The summed E-state index contributed by atoms with van der Waals surface area (Å²) in [4.78, 5) is 81.1. The zero-order chi connectivity index (χ0) is 22.6. The molecule has 0 aromatic rings. The smallest absolute Gasteiger partial charge is 0.425 e. The minimum Gasteiger partial charge on any atom is -0.425 e. The third-order valence-corrected chi connectivity index (χ3v) is 5.71. The van der Waals surface area contributed by atoms with Gasteiger partial charge in [0.2, 0.25) is 0 Å². The zero-order valence-corrected chi connectivity index (χ0v) is 17.2. The van der Waals surface area contributed by atoms with Crippen molar-refractivity contribution in [3.63, 3.8) is 0 Å². The van der Waals surface area contributed by atoms with Crippen molar-refractivity contribution >= 4 is 35.8 Å². The number of carbonyl (C=O) groups excluding carboxylic acids is 6. The molecule has 11 nitrogen and oxygen atoms in total. The summed E-state index contributed by atoms with van der Waals surface area (Å²) in [5, 5.41) is 0.957. The molecule has 168 valence electrons. The molecule has 2 fully saturated rings. The topological polar surface area (TPSA) is 137 Å². The van der Waals surface area contributed by atoms with Gasteiger partial charge in [-0.25, -0.2) is 9.59 Å². The highest BCUT2D eigenvalue weighted by atomic mass is 16.8. The van der Waals surface area contributed by atoms with E-state index in [2.05, 4.69) is 0 Å². The number of hydrogen-bond acceptors (Lipinski definition) is 9. The van der Waals surface area contributed by atoms with Crippen molar-refractivity contribution in [2.45, 2.75) is 70.8 Å². The third kappa shape index (κ3) is 4.92. The Morgan fingerprint density at radius 3 is 2.06 bits per heavy atom. The second-order valence-electron chi connectivity index (χ2n) is 7.70. The molecule has 3 rings (SSSR count). The molecular weight excluding hydrogens is 412 g/mol. The summed E-state index contributed by atoms with van der Waals surface area (Å²) in [6.07, 6.45) is 3.39. The van der Waals surface area contributed by atoms with Crippen LogP contribution in [0.5, 0.6) is 0 Å². The number of ether oxygens (including phenoxy) is 1. The van der Waals surface area contributed by atoms with Gasteiger partial charge in [0.15, 0.2) is 0 Å². The Morgan fingerprint density at radius 1 is 0.968 bits per heavy atom. The van der Waals surface area contributed by atoms with E-state index in [1.54, 1.807) is 12.2 Å². The Balaban J connectivity index is 1.58. The maximum Gasteiger partial charge on any atom is 0.534 e. The number of hydroxylamine groups is 4. The van der Waals surface area contributed by atoms with Gasteiger partial charge in [0.1, 0.15) is 6.10 Å². The van der Waals surface area contributed by atoms with Crippen LogP contribution in [0, 0.1) is 5.41 Å². The number of nitrogens with zero attached hydrogens (tertiary/aromatic N) is 2. The summed E-state index contributed by atoms with van der Waals surface area (Å²) in [7, 11) is 0. The van der Waals surface area contributed by atoms with Crippen LogP contribution in [-0.4, -0.2) is 52.0 Å². The SMILES string of the molecule is CCC1(C(=O)ON2C(=O)CCC2=O)C/C=C\C(OC(=O)ON2C(=O)CCC2=O)CCC1. The van der Waals surface area contributed by atoms with Gasteiger partial charge in [-0.1, -0.05) is 18.1 Å². The molecule has 31 heavy (non-hydrogen) atoms. The predicted molar refractivity (Wildman–Crippen MR) is 100.0 cm³/mol. The van der Waals surface area contributed by atoms with E-state index in [0.717, 1.165) is 0 Å². The lowest BCUT2D eigenvalue weighted by Crippen LogP contribution is -2.40. The second-order valence-corrected chi connectivity index (χ2v) is 7.70. The van der Waals surface area contributed by atoms with Crippen LogP contribution in [-0.2, 0) is 38.4 Å². The molecule has 2 aliphatic heterocycles. The number of rotatable bonds is 5. The zero-order valence-electron chi connectivity index (χ0n) is 17.2. The fraction of sp³-hybridized carbons (Fsp3) is 0.600. The molecule has 2 atom stereocenters. The Morgan fingerprint density at radius 2 is 1.52 bits per heavy atom. The summed E-state index contributed by atoms with van der Waals surface area (Å²) in [5.74, 6) is -2.92. The van der Waals surface area contributed by atoms with Gasteiger partial charge < -0.3 is 9.57 Å². The standard InChI is InChI=1S/C20H24N2O9/c1-2-20(18(27)30-21-14(23)7-8-15(21)24)11-3-5-13(6-4-12-20)29-19(28)31-22-16(25)9-10-17(22)26/h3,5,13H,2,4,6-12H2,1H3/b5-3-. The van der Waals surface area contributed by atoms with Gasteiger partial charge in [-0.05, 0) is 38.2 Å². The lowest BCUT2D eigenvalue weighted by atomic mass is 9.76. The molecular formula is C20H24N2O9. The Kier molecular flexibility index (Phi) is 6.71. The normalized spacial score (nSPS) is 27.7. The van der Waals surface area contributed by atoms with Crippen molar-refractivity contribution in [3.05, 3.63) is 12.2 Å². The Hall–Kier alpha value is -3.24. The minimum atomic E-state index is -1.16. The van der Waals surface area contributed by atoms with Gasteiger partial charge >= 0.3 is 12.1 Å². The first kappa shape index (κ1) is 22.4. The second kappa shape index (κ2) is 9.27. The largest absolute Gasteiger partial charge is 0.534 e. The van der Waals surface area contributed by atoms with Crippen molar-refractivity contribution in [2.24, 2.45) is 5.41 Å². The van der Waals surface area contributed by atoms with E-state index in [4.69, 9.17) is 14.4 Å². The number of imide groups is 2. The number of allylic oxidation sites excluding steroid dienone is 1. The number of amides is 4. The summed E-state index contributed by atoms with van der Waals surface area (Å²) in [5.41, 5.74) is -0.917. The fourth-order valence-electron chi connectivity index (χ4n) is 3.75. The first-order chi connectivity index (χ1) is 14.8. The molecule has 0 aromatic carbocycles. The lowest BCUT2D eigenvalue weighted by Gasteiger charge is -2.32. The maximum absolute atomic E-state index is 12.8. The van der Waals surface area contributed by atoms with Gasteiger partial charge in [-0.15, -0.1) is 5.06 Å². The molecule has 4 amide bonds. The van der Waals surface area contributed by atoms with E-state index in [9.17, 15) is 28.8 Å². The van der Waals surface area contributed by atoms with Crippen molar-refractivity contribution < 1.29 is 43.2 Å². The van der Waals surface area contributed by atoms with E-state index in [-0.39, 0.29) is 32.1 Å². The van der Waals surface area contributed by atoms with Crippen molar-refractivity contribution in [2.75, 3.05) is 0 Å². The van der Waals surface area contributed by atoms with Gasteiger partial charge in [-0.2, -0.15) is 0 Å². The van der Waals surface area contributed by atoms with Crippen LogP contribution in [0.3, 0.4) is 0 Å². The van der Waals surface area contributed by atoms with Gasteiger partial charge in [0.05, 0.1) is 5.41 Å². The first-order valence-electron chi connectivity index (χ1n) is 10.2. The monoisotopic (exact) mass is 436 g/mol. The van der Waals surface area contributed by atoms with Crippen LogP contribution in [0.4, 0.5) is 4.79 Å². The molecule has 0 bridgehead atoms. The molecule has 3 aliphatic rings. The van der Waals surface area contributed by atoms with Crippen LogP contribution in [0.1, 0.15) is 64.7 Å². The van der Waals surface area contributed by atoms with Crippen molar-refractivity contribution in [1.82, 2.24) is 10.1 Å². The molecule has 0 aromatic heterocycles. The van der Waals surface area contributed by atoms with E-state index >= 15 is 0 Å². The Bertz CT molecular complexity index is 805. The summed E-state index contributed by atoms with van der Waals surface area (Å²) >= 11 is 0. The van der Waals surface area contributed by atoms with Crippen LogP contribution in [0.25, 0.3) is 0 Å². The van der Waals surface area contributed by atoms with Crippen LogP contribution >= 0.6 is 0 Å². The molecule has 2 saturated heterocycles. The summed E-state index contributed by atoms with van der Waals surface area (Å²) < 4.78 is 5.18. The van der Waals surface area contributed by atoms with Crippen LogP contribution in [0.2, 0.25) is 0 Å². The highest BCUT2D eigenvalue weighted by Crippen LogP contribution is 2.37. The fourth-order valence-corrected chi connectivity index (χ4v) is 3.75. The molecule has 2 heterocycles. The maximum atomic E-state index is 12.8. The molecule has 0 saturated carbocycles. The average Bonchev–Trinajstić information content (AvgIpc) is 3.20. The Labute approximate surface area is 178 Å².